The Morgan fingerprint density at radius 3 is 2.67 bits per heavy atom. The van der Waals surface area contributed by atoms with Gasteiger partial charge in [0.2, 0.25) is 0 Å². The Bertz CT molecular complexity index is 416. The molecule has 1 fully saturated rings. The summed E-state index contributed by atoms with van der Waals surface area (Å²) < 4.78 is 1.16. The molecule has 1 aromatic heterocycles. The fraction of sp³-hybridized carbons (Fsp3) is 0.583. The number of piperazine rings is 1. The lowest BCUT2D eigenvalue weighted by Gasteiger charge is -2.36. The predicted molar refractivity (Wildman–Crippen MR) is 76.0 cm³/mol. The summed E-state index contributed by atoms with van der Waals surface area (Å²) in [6, 6.07) is 1.78. The van der Waals surface area contributed by atoms with Gasteiger partial charge in [-0.15, -0.1) is 11.3 Å². The zero-order valence-corrected chi connectivity index (χ0v) is 12.7. The van der Waals surface area contributed by atoms with Crippen molar-refractivity contribution in [1.82, 2.24) is 9.80 Å². The van der Waals surface area contributed by atoms with Gasteiger partial charge in [0.15, 0.2) is 0 Å². The summed E-state index contributed by atoms with van der Waals surface area (Å²) in [6.07, 6.45) is 0. The highest BCUT2D eigenvalue weighted by Gasteiger charge is 2.25. The van der Waals surface area contributed by atoms with Crippen LogP contribution in [0.2, 0.25) is 0 Å². The minimum atomic E-state index is -0.731. The van der Waals surface area contributed by atoms with E-state index < -0.39 is 5.97 Å². The topological polar surface area (TPSA) is 43.8 Å². The fourth-order valence-electron chi connectivity index (χ4n) is 2.15. The highest BCUT2D eigenvalue weighted by atomic mass is 79.9. The van der Waals surface area contributed by atoms with Crippen molar-refractivity contribution < 1.29 is 9.90 Å². The Balaban J connectivity index is 1.81. The minimum Gasteiger partial charge on any atom is -0.480 e. The third kappa shape index (κ3) is 3.54. The monoisotopic (exact) mass is 332 g/mol. The van der Waals surface area contributed by atoms with E-state index in [0.29, 0.717) is 0 Å². The molecule has 1 aromatic rings. The maximum absolute atomic E-state index is 10.9. The van der Waals surface area contributed by atoms with Crippen molar-refractivity contribution in [3.05, 3.63) is 20.8 Å². The molecule has 0 aliphatic carbocycles. The molecule has 2 rings (SSSR count). The van der Waals surface area contributed by atoms with Gasteiger partial charge in [-0.05, 0) is 39.9 Å². The number of carboxylic acid groups (broad SMARTS) is 1. The maximum atomic E-state index is 10.9. The standard InChI is InChI=1S/C12H17BrN2O2S/c1-9(12(16)17)15-4-2-14(3-5-15)7-10-6-11(13)18-8-10/h6,8-9H,2-5,7H2,1H3,(H,16,17). The molecule has 0 radical (unpaired) electrons. The van der Waals surface area contributed by atoms with Crippen LogP contribution in [0, 0.1) is 0 Å². The number of rotatable bonds is 4. The molecule has 1 atom stereocenters. The number of hydrogen-bond acceptors (Lipinski definition) is 4. The van der Waals surface area contributed by atoms with Gasteiger partial charge in [0, 0.05) is 32.7 Å². The van der Waals surface area contributed by atoms with Crippen molar-refractivity contribution in [2.75, 3.05) is 26.2 Å². The maximum Gasteiger partial charge on any atom is 0.320 e. The van der Waals surface area contributed by atoms with Crippen molar-refractivity contribution in [3.8, 4) is 0 Å². The summed E-state index contributed by atoms with van der Waals surface area (Å²) in [5.74, 6) is -0.731. The van der Waals surface area contributed by atoms with Gasteiger partial charge in [0.05, 0.1) is 3.79 Å². The number of halogens is 1. The van der Waals surface area contributed by atoms with Crippen molar-refractivity contribution in [2.45, 2.75) is 19.5 Å². The Hall–Kier alpha value is -0.430. The quantitative estimate of drug-likeness (QED) is 0.917. The van der Waals surface area contributed by atoms with Crippen LogP contribution in [0.15, 0.2) is 15.2 Å². The third-order valence-corrected chi connectivity index (χ3v) is 4.89. The molecule has 18 heavy (non-hydrogen) atoms. The van der Waals surface area contributed by atoms with Gasteiger partial charge in [-0.25, -0.2) is 0 Å². The van der Waals surface area contributed by atoms with Crippen LogP contribution in [0.1, 0.15) is 12.5 Å². The summed E-state index contributed by atoms with van der Waals surface area (Å²) in [5.41, 5.74) is 1.33. The number of carboxylic acids is 1. The molecule has 2 heterocycles. The molecule has 0 saturated carbocycles. The zero-order valence-electron chi connectivity index (χ0n) is 10.3. The number of hydrogen-bond donors (Lipinski definition) is 1. The summed E-state index contributed by atoms with van der Waals surface area (Å²) in [7, 11) is 0. The van der Waals surface area contributed by atoms with Crippen molar-refractivity contribution in [2.24, 2.45) is 0 Å². The van der Waals surface area contributed by atoms with Crippen LogP contribution in [0.25, 0.3) is 0 Å². The summed E-state index contributed by atoms with van der Waals surface area (Å²) in [6.45, 7) is 6.25. The average Bonchev–Trinajstić information content (AvgIpc) is 2.75. The fourth-order valence-corrected chi connectivity index (χ4v) is 3.35. The van der Waals surface area contributed by atoms with Crippen LogP contribution < -0.4 is 0 Å². The Kier molecular flexibility index (Phi) is 4.77. The van der Waals surface area contributed by atoms with Crippen LogP contribution in [0.3, 0.4) is 0 Å². The van der Waals surface area contributed by atoms with Crippen LogP contribution in [-0.2, 0) is 11.3 Å². The second-order valence-corrected chi connectivity index (χ2v) is 6.88. The minimum absolute atomic E-state index is 0.373. The first-order valence-electron chi connectivity index (χ1n) is 5.98. The third-order valence-electron chi connectivity index (χ3n) is 3.34. The molecule has 1 unspecified atom stereocenters. The van der Waals surface area contributed by atoms with Gasteiger partial charge in [0.25, 0.3) is 0 Å². The first-order chi connectivity index (χ1) is 8.56. The molecule has 0 bridgehead atoms. The van der Waals surface area contributed by atoms with Crippen LogP contribution in [0.4, 0.5) is 0 Å². The molecule has 0 amide bonds. The zero-order chi connectivity index (χ0) is 13.1. The Morgan fingerprint density at radius 2 is 2.17 bits per heavy atom. The molecule has 1 saturated heterocycles. The Labute approximate surface area is 119 Å². The van der Waals surface area contributed by atoms with Crippen molar-refractivity contribution >= 4 is 33.2 Å². The molecular weight excluding hydrogens is 316 g/mol. The van der Waals surface area contributed by atoms with Crippen LogP contribution >= 0.6 is 27.3 Å². The second-order valence-electron chi connectivity index (χ2n) is 4.59. The van der Waals surface area contributed by atoms with Gasteiger partial charge in [-0.2, -0.15) is 0 Å². The number of aliphatic carboxylic acids is 1. The van der Waals surface area contributed by atoms with E-state index in [1.54, 1.807) is 18.3 Å². The van der Waals surface area contributed by atoms with E-state index in [9.17, 15) is 4.79 Å². The number of carbonyl (C=O) groups is 1. The van der Waals surface area contributed by atoms with Gasteiger partial charge >= 0.3 is 5.97 Å². The summed E-state index contributed by atoms with van der Waals surface area (Å²) >= 11 is 5.17. The molecular formula is C12H17BrN2O2S. The molecule has 6 heteroatoms. The summed E-state index contributed by atoms with van der Waals surface area (Å²) in [4.78, 5) is 15.3. The lowest BCUT2D eigenvalue weighted by molar-refractivity contribution is -0.143. The SMILES string of the molecule is CC(C(=O)O)N1CCN(Cc2csc(Br)c2)CC1. The van der Waals surface area contributed by atoms with Gasteiger partial charge in [0.1, 0.15) is 6.04 Å². The highest BCUT2D eigenvalue weighted by Crippen LogP contribution is 2.22. The average molecular weight is 333 g/mol. The molecule has 1 N–H and O–H groups in total. The second kappa shape index (κ2) is 6.14. The van der Waals surface area contributed by atoms with E-state index in [1.807, 2.05) is 4.90 Å². The van der Waals surface area contributed by atoms with Crippen molar-refractivity contribution in [1.29, 1.82) is 0 Å². The normalized spacial score (nSPS) is 19.9. The number of thiophene rings is 1. The number of nitrogens with zero attached hydrogens (tertiary/aromatic N) is 2. The molecule has 0 spiro atoms. The van der Waals surface area contributed by atoms with E-state index in [1.165, 1.54) is 5.56 Å². The smallest absolute Gasteiger partial charge is 0.320 e. The molecule has 4 nitrogen and oxygen atoms in total. The van der Waals surface area contributed by atoms with Gasteiger partial charge in [-0.3, -0.25) is 14.6 Å². The lowest BCUT2D eigenvalue weighted by Crippen LogP contribution is -2.51. The van der Waals surface area contributed by atoms with Gasteiger partial charge in [-0.1, -0.05) is 0 Å². The van der Waals surface area contributed by atoms with Crippen LogP contribution in [-0.4, -0.2) is 53.1 Å². The van der Waals surface area contributed by atoms with E-state index in [-0.39, 0.29) is 6.04 Å². The van der Waals surface area contributed by atoms with E-state index >= 15 is 0 Å². The van der Waals surface area contributed by atoms with Crippen molar-refractivity contribution in [3.63, 3.8) is 0 Å². The van der Waals surface area contributed by atoms with Crippen LogP contribution in [0.5, 0.6) is 0 Å². The van der Waals surface area contributed by atoms with E-state index in [0.717, 1.165) is 36.5 Å². The molecule has 100 valence electrons. The first-order valence-corrected chi connectivity index (χ1v) is 7.65. The Morgan fingerprint density at radius 1 is 1.50 bits per heavy atom. The first kappa shape index (κ1) is 14.0. The summed E-state index contributed by atoms with van der Waals surface area (Å²) in [5, 5.41) is 11.1. The molecule has 0 aromatic carbocycles. The van der Waals surface area contributed by atoms with Gasteiger partial charge < -0.3 is 5.11 Å². The van der Waals surface area contributed by atoms with E-state index in [4.69, 9.17) is 5.11 Å². The molecule has 1 aliphatic heterocycles. The predicted octanol–water partition coefficient (Wildman–Crippen LogP) is 2.10. The molecule has 1 aliphatic rings. The van der Waals surface area contributed by atoms with E-state index in [2.05, 4.69) is 32.3 Å². The highest BCUT2D eigenvalue weighted by molar-refractivity contribution is 9.11. The lowest BCUT2D eigenvalue weighted by atomic mass is 10.2. The largest absolute Gasteiger partial charge is 0.480 e.